The maximum absolute atomic E-state index is 5.99. The SMILES string of the molecule is Cn1ncnc1SC1COCCC1N. The molecule has 2 rings (SSSR count). The van der Waals surface area contributed by atoms with E-state index in [9.17, 15) is 0 Å². The Morgan fingerprint density at radius 2 is 2.57 bits per heavy atom. The van der Waals surface area contributed by atoms with Gasteiger partial charge in [-0.2, -0.15) is 5.10 Å². The van der Waals surface area contributed by atoms with Crippen LogP contribution in [0, 0.1) is 0 Å². The molecule has 0 bridgehead atoms. The molecule has 0 saturated carbocycles. The van der Waals surface area contributed by atoms with E-state index in [4.69, 9.17) is 10.5 Å². The number of ether oxygens (including phenoxy) is 1. The first-order valence-electron chi connectivity index (χ1n) is 4.61. The van der Waals surface area contributed by atoms with E-state index in [2.05, 4.69) is 10.1 Å². The van der Waals surface area contributed by atoms with E-state index in [0.717, 1.165) is 18.2 Å². The molecule has 0 radical (unpaired) electrons. The van der Waals surface area contributed by atoms with Crippen LogP contribution in [0.4, 0.5) is 0 Å². The third kappa shape index (κ3) is 2.08. The van der Waals surface area contributed by atoms with Crippen LogP contribution in [-0.2, 0) is 11.8 Å². The average molecular weight is 214 g/mol. The van der Waals surface area contributed by atoms with Crippen molar-refractivity contribution in [1.29, 1.82) is 0 Å². The highest BCUT2D eigenvalue weighted by Crippen LogP contribution is 2.25. The fraction of sp³-hybridized carbons (Fsp3) is 0.750. The van der Waals surface area contributed by atoms with Gasteiger partial charge in [0.25, 0.3) is 0 Å². The van der Waals surface area contributed by atoms with Gasteiger partial charge in [-0.05, 0) is 6.42 Å². The summed E-state index contributed by atoms with van der Waals surface area (Å²) in [4.78, 5) is 4.15. The number of thioether (sulfide) groups is 1. The molecule has 14 heavy (non-hydrogen) atoms. The van der Waals surface area contributed by atoms with E-state index in [0.29, 0.717) is 11.9 Å². The van der Waals surface area contributed by atoms with Gasteiger partial charge in [-0.15, -0.1) is 0 Å². The fourth-order valence-corrected chi connectivity index (χ4v) is 2.43. The predicted octanol–water partition coefficient (Wildman–Crippen LogP) is 0.0234. The number of rotatable bonds is 2. The normalized spacial score (nSPS) is 27.9. The number of hydrogen-bond donors (Lipinski definition) is 1. The first kappa shape index (κ1) is 9.95. The number of hydrogen-bond acceptors (Lipinski definition) is 5. The monoisotopic (exact) mass is 214 g/mol. The summed E-state index contributed by atoms with van der Waals surface area (Å²) in [6.07, 6.45) is 2.48. The Labute approximate surface area is 87.0 Å². The minimum Gasteiger partial charge on any atom is -0.380 e. The minimum absolute atomic E-state index is 0.199. The number of aromatic nitrogens is 3. The topological polar surface area (TPSA) is 66.0 Å². The number of aryl methyl sites for hydroxylation is 1. The van der Waals surface area contributed by atoms with Gasteiger partial charge in [0, 0.05) is 19.7 Å². The van der Waals surface area contributed by atoms with Crippen molar-refractivity contribution in [1.82, 2.24) is 14.8 Å². The van der Waals surface area contributed by atoms with Crippen molar-refractivity contribution in [3.8, 4) is 0 Å². The summed E-state index contributed by atoms with van der Waals surface area (Å²) in [5.41, 5.74) is 5.99. The van der Waals surface area contributed by atoms with Crippen molar-refractivity contribution in [3.05, 3.63) is 6.33 Å². The fourth-order valence-electron chi connectivity index (χ4n) is 1.38. The van der Waals surface area contributed by atoms with E-state index >= 15 is 0 Å². The lowest BCUT2D eigenvalue weighted by molar-refractivity contribution is 0.0915. The highest BCUT2D eigenvalue weighted by Gasteiger charge is 2.24. The second kappa shape index (κ2) is 4.29. The molecule has 1 aliphatic rings. The Balaban J connectivity index is 1.99. The van der Waals surface area contributed by atoms with Crippen LogP contribution in [0.5, 0.6) is 0 Å². The molecule has 1 saturated heterocycles. The Morgan fingerprint density at radius 3 is 3.21 bits per heavy atom. The average Bonchev–Trinajstić information content (AvgIpc) is 2.56. The summed E-state index contributed by atoms with van der Waals surface area (Å²) in [6, 6.07) is 0.199. The predicted molar refractivity (Wildman–Crippen MR) is 54.1 cm³/mol. The summed E-state index contributed by atoms with van der Waals surface area (Å²) >= 11 is 1.65. The Morgan fingerprint density at radius 1 is 1.71 bits per heavy atom. The standard InChI is InChI=1S/C8H14N4OS/c1-12-8(10-5-11-12)14-7-4-13-3-2-6(7)9/h5-7H,2-4,9H2,1H3. The van der Waals surface area contributed by atoms with Gasteiger partial charge in [-0.1, -0.05) is 11.8 Å². The number of nitrogens with two attached hydrogens (primary N) is 1. The van der Waals surface area contributed by atoms with Crippen LogP contribution < -0.4 is 5.73 Å². The molecule has 6 heteroatoms. The van der Waals surface area contributed by atoms with Crippen LogP contribution in [0.15, 0.2) is 11.5 Å². The summed E-state index contributed by atoms with van der Waals surface area (Å²) in [5, 5.41) is 5.21. The van der Waals surface area contributed by atoms with Gasteiger partial charge in [0.15, 0.2) is 5.16 Å². The van der Waals surface area contributed by atoms with E-state index in [1.165, 1.54) is 0 Å². The molecule has 0 aromatic carbocycles. The maximum atomic E-state index is 5.99. The van der Waals surface area contributed by atoms with Gasteiger partial charge in [0.05, 0.1) is 11.9 Å². The van der Waals surface area contributed by atoms with Crippen LogP contribution in [0.25, 0.3) is 0 Å². The van der Waals surface area contributed by atoms with Crippen LogP contribution >= 0.6 is 11.8 Å². The van der Waals surface area contributed by atoms with Gasteiger partial charge in [0.2, 0.25) is 0 Å². The molecule has 5 nitrogen and oxygen atoms in total. The first-order chi connectivity index (χ1) is 6.77. The Bertz CT molecular complexity index is 303. The molecule has 1 aliphatic heterocycles. The molecule has 78 valence electrons. The maximum Gasteiger partial charge on any atom is 0.186 e. The van der Waals surface area contributed by atoms with Crippen molar-refractivity contribution in [2.75, 3.05) is 13.2 Å². The lowest BCUT2D eigenvalue weighted by atomic mass is 10.1. The molecule has 1 aromatic rings. The molecule has 2 atom stereocenters. The van der Waals surface area contributed by atoms with Gasteiger partial charge in [0.1, 0.15) is 6.33 Å². The highest BCUT2D eigenvalue weighted by atomic mass is 32.2. The molecule has 2 N–H and O–H groups in total. The van der Waals surface area contributed by atoms with Gasteiger partial charge in [-0.3, -0.25) is 0 Å². The number of nitrogens with zero attached hydrogens (tertiary/aromatic N) is 3. The largest absolute Gasteiger partial charge is 0.380 e. The lowest BCUT2D eigenvalue weighted by Gasteiger charge is -2.27. The van der Waals surface area contributed by atoms with Crippen molar-refractivity contribution in [2.45, 2.75) is 22.9 Å². The summed E-state index contributed by atoms with van der Waals surface area (Å²) in [5.74, 6) is 0. The molecule has 1 fully saturated rings. The van der Waals surface area contributed by atoms with Crippen LogP contribution in [0.2, 0.25) is 0 Å². The molecule has 2 heterocycles. The van der Waals surface area contributed by atoms with Crippen molar-refractivity contribution in [3.63, 3.8) is 0 Å². The highest BCUT2D eigenvalue weighted by molar-refractivity contribution is 7.99. The van der Waals surface area contributed by atoms with Crippen molar-refractivity contribution >= 4 is 11.8 Å². The molecule has 2 unspecified atom stereocenters. The molecular weight excluding hydrogens is 200 g/mol. The van der Waals surface area contributed by atoms with Crippen molar-refractivity contribution < 1.29 is 4.74 Å². The van der Waals surface area contributed by atoms with Crippen LogP contribution in [0.1, 0.15) is 6.42 Å². The second-order valence-corrected chi connectivity index (χ2v) is 4.56. The van der Waals surface area contributed by atoms with E-state index in [1.807, 2.05) is 7.05 Å². The van der Waals surface area contributed by atoms with Gasteiger partial charge in [-0.25, -0.2) is 9.67 Å². The summed E-state index contributed by atoms with van der Waals surface area (Å²) in [6.45, 7) is 1.48. The summed E-state index contributed by atoms with van der Waals surface area (Å²) < 4.78 is 7.14. The molecule has 0 amide bonds. The van der Waals surface area contributed by atoms with E-state index in [1.54, 1.807) is 22.8 Å². The van der Waals surface area contributed by atoms with Gasteiger partial charge >= 0.3 is 0 Å². The van der Waals surface area contributed by atoms with Crippen molar-refractivity contribution in [2.24, 2.45) is 12.8 Å². The Hall–Kier alpha value is -0.590. The first-order valence-corrected chi connectivity index (χ1v) is 5.49. The quantitative estimate of drug-likeness (QED) is 0.752. The van der Waals surface area contributed by atoms with E-state index < -0.39 is 0 Å². The van der Waals surface area contributed by atoms with Gasteiger partial charge < -0.3 is 10.5 Å². The minimum atomic E-state index is 0.199. The Kier molecular flexibility index (Phi) is 3.05. The molecule has 1 aromatic heterocycles. The lowest BCUT2D eigenvalue weighted by Crippen LogP contribution is -2.41. The van der Waals surface area contributed by atoms with Crippen LogP contribution in [0.3, 0.4) is 0 Å². The smallest absolute Gasteiger partial charge is 0.186 e. The zero-order valence-corrected chi connectivity index (χ0v) is 8.91. The molecule has 0 spiro atoms. The zero-order chi connectivity index (χ0) is 9.97. The second-order valence-electron chi connectivity index (χ2n) is 3.35. The zero-order valence-electron chi connectivity index (χ0n) is 8.09. The third-order valence-electron chi connectivity index (χ3n) is 2.28. The molecular formula is C8H14N4OS. The third-order valence-corrected chi connectivity index (χ3v) is 3.65. The van der Waals surface area contributed by atoms with E-state index in [-0.39, 0.29) is 6.04 Å². The van der Waals surface area contributed by atoms with Crippen LogP contribution in [-0.4, -0.2) is 39.3 Å². The molecule has 0 aliphatic carbocycles. The summed E-state index contributed by atoms with van der Waals surface area (Å²) in [7, 11) is 1.88.